The molecule has 3 aliphatic carbocycles. The number of ether oxygens (including phenoxy) is 3. The van der Waals surface area contributed by atoms with Gasteiger partial charge in [0.15, 0.2) is 5.76 Å². The summed E-state index contributed by atoms with van der Waals surface area (Å²) in [6, 6.07) is 0. The number of methoxy groups -OCH3 is 1. The van der Waals surface area contributed by atoms with Gasteiger partial charge in [0.05, 0.1) is 23.7 Å². The summed E-state index contributed by atoms with van der Waals surface area (Å²) in [5.74, 6) is -2.59. The Morgan fingerprint density at radius 2 is 1.88 bits per heavy atom. The maximum Gasteiger partial charge on any atom is 0.340 e. The monoisotopic (exact) mass is 601 g/mol. The van der Waals surface area contributed by atoms with Crippen molar-refractivity contribution in [3.05, 3.63) is 34.3 Å². The number of esters is 2. The highest BCUT2D eigenvalue weighted by Gasteiger charge is 2.64. The summed E-state index contributed by atoms with van der Waals surface area (Å²) < 4.78 is 17.4. The first-order valence-electron chi connectivity index (χ1n) is 15.4. The zero-order valence-corrected chi connectivity index (χ0v) is 26.4. The minimum Gasteiger partial charge on any atom is -0.504 e. The highest BCUT2D eigenvalue weighted by Crippen LogP contribution is 2.63. The van der Waals surface area contributed by atoms with E-state index < -0.39 is 52.6 Å². The molecular formula is C32H47N3O8. The number of carbonyl (C=O) groups excluding carboxylic acids is 3. The summed E-state index contributed by atoms with van der Waals surface area (Å²) in [4.78, 5) is 46.7. The van der Waals surface area contributed by atoms with E-state index in [9.17, 15) is 24.6 Å². The van der Waals surface area contributed by atoms with Gasteiger partial charge >= 0.3 is 11.9 Å². The molecule has 238 valence electrons. The highest BCUT2D eigenvalue weighted by atomic mass is 16.6. The first kappa shape index (κ1) is 31.7. The molecule has 0 amide bonds. The molecule has 11 nitrogen and oxygen atoms in total. The number of carbonyl (C=O) groups is 3. The van der Waals surface area contributed by atoms with E-state index in [2.05, 4.69) is 16.8 Å². The number of aliphatic hydroxyl groups excluding tert-OH is 2. The number of hydrogen-bond donors (Lipinski definition) is 2. The zero-order valence-electron chi connectivity index (χ0n) is 26.4. The van der Waals surface area contributed by atoms with Gasteiger partial charge in [-0.15, -0.1) is 0 Å². The van der Waals surface area contributed by atoms with E-state index in [0.717, 1.165) is 39.1 Å². The topological polar surface area (TPSA) is 129 Å². The molecule has 2 saturated heterocycles. The lowest BCUT2D eigenvalue weighted by atomic mass is 9.53. The molecule has 43 heavy (non-hydrogen) atoms. The van der Waals surface area contributed by atoms with Gasteiger partial charge in [-0.25, -0.2) is 4.79 Å². The van der Waals surface area contributed by atoms with Crippen LogP contribution in [0.25, 0.3) is 0 Å². The number of cyclic esters (lactones) is 1. The fraction of sp³-hybridized carbons (Fsp3) is 0.719. The Balaban J connectivity index is 1.54. The number of ketones is 1. The Labute approximate surface area is 254 Å². The summed E-state index contributed by atoms with van der Waals surface area (Å²) in [5, 5.41) is 22.7. The number of nitrogens with zero attached hydrogens (tertiary/aromatic N) is 3. The molecule has 6 unspecified atom stereocenters. The van der Waals surface area contributed by atoms with Crippen molar-refractivity contribution in [3.63, 3.8) is 0 Å². The second-order valence-electron chi connectivity index (χ2n) is 13.4. The molecule has 2 heterocycles. The maximum absolute atomic E-state index is 14.1. The predicted molar refractivity (Wildman–Crippen MR) is 158 cm³/mol. The normalized spacial score (nSPS) is 35.9. The van der Waals surface area contributed by atoms with Crippen LogP contribution in [0.5, 0.6) is 0 Å². The average molecular weight is 602 g/mol. The Kier molecular flexibility index (Phi) is 8.83. The van der Waals surface area contributed by atoms with Crippen molar-refractivity contribution >= 4 is 17.7 Å². The smallest absolute Gasteiger partial charge is 0.340 e. The number of fused-ring (bicyclic) bond motifs is 4. The van der Waals surface area contributed by atoms with Crippen LogP contribution in [0.1, 0.15) is 46.5 Å². The summed E-state index contributed by atoms with van der Waals surface area (Å²) in [6.07, 6.45) is 1.47. The molecule has 0 radical (unpaired) electrons. The first-order chi connectivity index (χ1) is 20.3. The lowest BCUT2D eigenvalue weighted by Gasteiger charge is -2.54. The number of Topliss-reactive ketones (excluding diaryl/α,β-unsaturated/α-hetero) is 1. The SMILES string of the molecule is COCC1OC(=O)/C(=C\N(C)CCCN2CCN(C)CC2)C2=C(O)C(=O)C3=C(C(OC(C)=O)CC4(C)C(O)CCC34)C21C. The molecule has 0 spiro atoms. The average Bonchev–Trinajstić information content (AvgIpc) is 3.23. The lowest BCUT2D eigenvalue weighted by molar-refractivity contribution is -0.161. The second kappa shape index (κ2) is 12.0. The van der Waals surface area contributed by atoms with Crippen molar-refractivity contribution in [3.8, 4) is 0 Å². The largest absolute Gasteiger partial charge is 0.504 e. The van der Waals surface area contributed by atoms with Crippen LogP contribution in [-0.4, -0.2) is 128 Å². The van der Waals surface area contributed by atoms with Crippen molar-refractivity contribution in [2.75, 3.05) is 67.1 Å². The van der Waals surface area contributed by atoms with Gasteiger partial charge in [-0.3, -0.25) is 9.59 Å². The molecule has 2 aliphatic heterocycles. The van der Waals surface area contributed by atoms with Gasteiger partial charge in [0.1, 0.15) is 12.2 Å². The minimum atomic E-state index is -1.21. The number of allylic oxidation sites excluding steroid dienone is 1. The number of aliphatic hydroxyl groups is 2. The maximum atomic E-state index is 14.1. The van der Waals surface area contributed by atoms with Crippen molar-refractivity contribution in [1.82, 2.24) is 14.7 Å². The van der Waals surface area contributed by atoms with Crippen molar-refractivity contribution in [2.45, 2.75) is 64.8 Å². The van der Waals surface area contributed by atoms with Crippen molar-refractivity contribution in [1.29, 1.82) is 0 Å². The molecule has 2 N–H and O–H groups in total. The van der Waals surface area contributed by atoms with Gasteiger partial charge < -0.3 is 39.1 Å². The van der Waals surface area contributed by atoms with Crippen LogP contribution < -0.4 is 0 Å². The van der Waals surface area contributed by atoms with Gasteiger partial charge in [0.25, 0.3) is 0 Å². The van der Waals surface area contributed by atoms with Gasteiger partial charge in [0, 0.05) is 76.6 Å². The third kappa shape index (κ3) is 5.43. The predicted octanol–water partition coefficient (Wildman–Crippen LogP) is 1.82. The van der Waals surface area contributed by atoms with E-state index in [1.807, 2.05) is 25.8 Å². The lowest BCUT2D eigenvalue weighted by Crippen LogP contribution is -2.57. The molecule has 0 aromatic rings. The molecule has 1 saturated carbocycles. The van der Waals surface area contributed by atoms with Gasteiger partial charge in [-0.1, -0.05) is 6.92 Å². The second-order valence-corrected chi connectivity index (χ2v) is 13.4. The Bertz CT molecular complexity index is 1250. The van der Waals surface area contributed by atoms with Crippen LogP contribution in [0.3, 0.4) is 0 Å². The van der Waals surface area contributed by atoms with E-state index in [1.54, 1.807) is 6.20 Å². The van der Waals surface area contributed by atoms with Gasteiger partial charge in [0.2, 0.25) is 5.78 Å². The number of piperazine rings is 1. The van der Waals surface area contributed by atoms with E-state index in [4.69, 9.17) is 14.2 Å². The molecule has 5 rings (SSSR count). The minimum absolute atomic E-state index is 0.00941. The molecular weight excluding hydrogens is 554 g/mol. The van der Waals surface area contributed by atoms with E-state index >= 15 is 0 Å². The van der Waals surface area contributed by atoms with Crippen LogP contribution in [-0.2, 0) is 28.6 Å². The fourth-order valence-electron chi connectivity index (χ4n) is 8.17. The standard InChI is InChI=1S/C32H47N3O8/c1-19(36)42-22-16-31(2)21(8-9-23(31)37)25-27(22)32(3)24(18-41-6)43-30(40)20(26(32)29(39)28(25)38)17-34(5)10-7-11-35-14-12-33(4)13-15-35/h17,21-24,37,39H,7-16,18H2,1-6H3/b20-17-. The molecule has 0 aromatic heterocycles. The van der Waals surface area contributed by atoms with Crippen LogP contribution >= 0.6 is 0 Å². The molecule has 3 fully saturated rings. The Morgan fingerprint density at radius 1 is 1.19 bits per heavy atom. The summed E-state index contributed by atoms with van der Waals surface area (Å²) in [6.45, 7) is 10.8. The zero-order chi connectivity index (χ0) is 31.3. The summed E-state index contributed by atoms with van der Waals surface area (Å²) >= 11 is 0. The first-order valence-corrected chi connectivity index (χ1v) is 15.4. The Morgan fingerprint density at radius 3 is 2.53 bits per heavy atom. The van der Waals surface area contributed by atoms with E-state index in [1.165, 1.54) is 14.0 Å². The van der Waals surface area contributed by atoms with Crippen molar-refractivity contribution in [2.24, 2.45) is 16.7 Å². The number of hydrogen-bond acceptors (Lipinski definition) is 11. The molecule has 0 aromatic carbocycles. The van der Waals surface area contributed by atoms with Crippen LogP contribution in [0, 0.1) is 16.7 Å². The molecule has 5 aliphatic rings. The highest BCUT2D eigenvalue weighted by molar-refractivity contribution is 6.13. The van der Waals surface area contributed by atoms with Gasteiger partial charge in [-0.2, -0.15) is 0 Å². The summed E-state index contributed by atoms with van der Waals surface area (Å²) in [7, 11) is 5.49. The van der Waals surface area contributed by atoms with Crippen LogP contribution in [0.15, 0.2) is 34.3 Å². The van der Waals surface area contributed by atoms with Crippen LogP contribution in [0.2, 0.25) is 0 Å². The van der Waals surface area contributed by atoms with Crippen LogP contribution in [0.4, 0.5) is 0 Å². The van der Waals surface area contributed by atoms with Gasteiger partial charge in [-0.05, 0) is 57.7 Å². The fourth-order valence-corrected chi connectivity index (χ4v) is 8.17. The number of rotatable bonds is 8. The molecule has 6 atom stereocenters. The van der Waals surface area contributed by atoms with E-state index in [-0.39, 0.29) is 23.7 Å². The molecule has 0 bridgehead atoms. The quantitative estimate of drug-likeness (QED) is 0.312. The third-order valence-electron chi connectivity index (χ3n) is 10.6. The third-order valence-corrected chi connectivity index (χ3v) is 10.6. The molecule has 11 heteroatoms. The summed E-state index contributed by atoms with van der Waals surface area (Å²) in [5.41, 5.74) is -0.739. The Hall–Kier alpha value is -2.73. The number of likely N-dealkylation sites (N-methyl/N-ethyl adjacent to an activating group) is 1. The van der Waals surface area contributed by atoms with E-state index in [0.29, 0.717) is 37.0 Å². The van der Waals surface area contributed by atoms with Crippen molar-refractivity contribution < 1.29 is 38.8 Å².